The maximum atomic E-state index is 12.2. The average molecular weight is 294 g/mol. The Balaban J connectivity index is 1.77. The summed E-state index contributed by atoms with van der Waals surface area (Å²) >= 11 is 5.04. The van der Waals surface area contributed by atoms with Crippen LogP contribution in [-0.2, 0) is 11.3 Å². The van der Waals surface area contributed by atoms with Crippen molar-refractivity contribution >= 4 is 23.1 Å². The highest BCUT2D eigenvalue weighted by Crippen LogP contribution is 2.41. The highest BCUT2D eigenvalue weighted by Gasteiger charge is 2.46. The van der Waals surface area contributed by atoms with E-state index >= 15 is 0 Å². The molecule has 1 aliphatic carbocycles. The van der Waals surface area contributed by atoms with E-state index in [0.717, 1.165) is 43.6 Å². The Labute approximate surface area is 124 Å². The van der Waals surface area contributed by atoms with Crippen molar-refractivity contribution in [2.75, 3.05) is 6.54 Å². The van der Waals surface area contributed by atoms with Gasteiger partial charge in [0.15, 0.2) is 0 Å². The summed E-state index contributed by atoms with van der Waals surface area (Å²) in [7, 11) is 0. The number of nitrogens with zero attached hydrogens (tertiary/aromatic N) is 2. The van der Waals surface area contributed by atoms with Crippen LogP contribution >= 0.6 is 12.2 Å². The molecule has 0 radical (unpaired) electrons. The minimum atomic E-state index is -0.576. The first kappa shape index (κ1) is 15.0. The van der Waals surface area contributed by atoms with Gasteiger partial charge in [-0.15, -0.1) is 0 Å². The summed E-state index contributed by atoms with van der Waals surface area (Å²) < 4.78 is 1.97. The average Bonchev–Trinajstić information content (AvgIpc) is 2.61. The topological polar surface area (TPSA) is 72.9 Å². The Hall–Kier alpha value is -1.43. The summed E-state index contributed by atoms with van der Waals surface area (Å²) in [6.07, 6.45) is 3.44. The van der Waals surface area contributed by atoms with Gasteiger partial charge in [0.05, 0.1) is 16.1 Å². The third-order valence-electron chi connectivity index (χ3n) is 4.05. The third-order valence-corrected chi connectivity index (χ3v) is 4.44. The summed E-state index contributed by atoms with van der Waals surface area (Å²) in [5, 5.41) is 7.35. The summed E-state index contributed by atoms with van der Waals surface area (Å²) in [5.41, 5.74) is 7.30. The second kappa shape index (κ2) is 5.91. The molecule has 20 heavy (non-hydrogen) atoms. The first-order chi connectivity index (χ1) is 9.45. The lowest BCUT2D eigenvalue weighted by Crippen LogP contribution is -2.53. The van der Waals surface area contributed by atoms with Gasteiger partial charge in [-0.25, -0.2) is 0 Å². The molecular formula is C14H22N4OS. The molecule has 6 heteroatoms. The van der Waals surface area contributed by atoms with Crippen molar-refractivity contribution in [1.29, 1.82) is 0 Å². The molecular weight excluding hydrogens is 272 g/mol. The predicted molar refractivity (Wildman–Crippen MR) is 82.4 cm³/mol. The molecule has 1 saturated carbocycles. The summed E-state index contributed by atoms with van der Waals surface area (Å²) in [4.78, 5) is 12.5. The highest BCUT2D eigenvalue weighted by atomic mass is 32.1. The Morgan fingerprint density at radius 2 is 2.25 bits per heavy atom. The molecule has 0 aliphatic heterocycles. The zero-order chi connectivity index (χ0) is 14.8. The summed E-state index contributed by atoms with van der Waals surface area (Å²) in [6.45, 7) is 5.45. The van der Waals surface area contributed by atoms with Crippen molar-refractivity contribution < 1.29 is 4.79 Å². The van der Waals surface area contributed by atoms with Crippen LogP contribution in [0.25, 0.3) is 0 Å². The van der Waals surface area contributed by atoms with Gasteiger partial charge in [-0.3, -0.25) is 9.48 Å². The number of rotatable bonds is 6. The number of carbonyl (C=O) groups excluding carboxylic acids is 1. The molecule has 1 amide bonds. The van der Waals surface area contributed by atoms with Crippen LogP contribution in [0.15, 0.2) is 6.07 Å². The highest BCUT2D eigenvalue weighted by molar-refractivity contribution is 7.80. The van der Waals surface area contributed by atoms with Crippen molar-refractivity contribution in [1.82, 2.24) is 15.1 Å². The number of hydrogen-bond donors (Lipinski definition) is 2. The third kappa shape index (κ3) is 2.85. The lowest BCUT2D eigenvalue weighted by molar-refractivity contribution is -0.130. The molecule has 5 nitrogen and oxygen atoms in total. The van der Waals surface area contributed by atoms with E-state index in [1.807, 2.05) is 18.5 Å². The molecule has 3 N–H and O–H groups in total. The smallest absolute Gasteiger partial charge is 0.233 e. The van der Waals surface area contributed by atoms with Gasteiger partial charge in [0.2, 0.25) is 5.91 Å². The van der Waals surface area contributed by atoms with Crippen LogP contribution in [0.4, 0.5) is 0 Å². The number of thiocarbonyl (C=S) groups is 1. The number of amides is 1. The largest absolute Gasteiger partial charge is 0.392 e. The lowest BCUT2D eigenvalue weighted by atomic mass is 9.68. The molecule has 1 heterocycles. The molecule has 0 spiro atoms. The first-order valence-electron chi connectivity index (χ1n) is 7.05. The van der Waals surface area contributed by atoms with E-state index in [0.29, 0.717) is 11.5 Å². The molecule has 1 aliphatic rings. The van der Waals surface area contributed by atoms with Gasteiger partial charge >= 0.3 is 0 Å². The van der Waals surface area contributed by atoms with E-state index in [2.05, 4.69) is 16.5 Å². The monoisotopic (exact) mass is 294 g/mol. The fourth-order valence-electron chi connectivity index (χ4n) is 2.62. The Morgan fingerprint density at radius 3 is 2.70 bits per heavy atom. The second-order valence-electron chi connectivity index (χ2n) is 5.56. The maximum absolute atomic E-state index is 12.2. The zero-order valence-corrected chi connectivity index (χ0v) is 12.9. The number of nitrogens with two attached hydrogens (primary N) is 1. The van der Waals surface area contributed by atoms with Crippen molar-refractivity contribution in [3.05, 3.63) is 17.5 Å². The van der Waals surface area contributed by atoms with Crippen LogP contribution in [-0.4, -0.2) is 27.2 Å². The van der Waals surface area contributed by atoms with Crippen molar-refractivity contribution in [3.63, 3.8) is 0 Å². The first-order valence-corrected chi connectivity index (χ1v) is 7.46. The Morgan fingerprint density at radius 1 is 1.55 bits per heavy atom. The number of carbonyl (C=O) groups is 1. The van der Waals surface area contributed by atoms with Crippen LogP contribution in [0.3, 0.4) is 0 Å². The van der Waals surface area contributed by atoms with Gasteiger partial charge in [-0.05, 0) is 39.2 Å². The van der Waals surface area contributed by atoms with Crippen molar-refractivity contribution in [3.8, 4) is 0 Å². The lowest BCUT2D eigenvalue weighted by Gasteiger charge is -2.39. The number of aryl methyl sites for hydroxylation is 3. The van der Waals surface area contributed by atoms with Crippen molar-refractivity contribution in [2.45, 2.75) is 46.1 Å². The van der Waals surface area contributed by atoms with E-state index in [1.54, 1.807) is 0 Å². The Bertz CT molecular complexity index is 519. The molecule has 0 aromatic carbocycles. The van der Waals surface area contributed by atoms with Gasteiger partial charge in [0, 0.05) is 18.8 Å². The molecule has 0 bridgehead atoms. The quantitative estimate of drug-likeness (QED) is 0.615. The maximum Gasteiger partial charge on any atom is 0.233 e. The Kier molecular flexibility index (Phi) is 4.42. The van der Waals surface area contributed by atoms with E-state index < -0.39 is 5.41 Å². The van der Waals surface area contributed by atoms with E-state index in [1.165, 1.54) is 0 Å². The van der Waals surface area contributed by atoms with Crippen LogP contribution in [0.1, 0.15) is 37.1 Å². The molecule has 2 rings (SSSR count). The van der Waals surface area contributed by atoms with E-state index in [-0.39, 0.29) is 5.91 Å². The van der Waals surface area contributed by atoms with Gasteiger partial charge in [0.25, 0.3) is 0 Å². The molecule has 0 saturated heterocycles. The summed E-state index contributed by atoms with van der Waals surface area (Å²) in [6, 6.07) is 2.05. The van der Waals surface area contributed by atoms with Gasteiger partial charge in [-0.1, -0.05) is 18.6 Å². The molecule has 1 aromatic rings. The number of aromatic nitrogens is 2. The predicted octanol–water partition coefficient (Wildman–Crippen LogP) is 1.46. The molecule has 0 atom stereocenters. The SMILES string of the molecule is Cc1cc(C)n(CCCNC(=O)C2(C(N)=S)CCC2)n1. The van der Waals surface area contributed by atoms with Crippen molar-refractivity contribution in [2.24, 2.45) is 11.1 Å². The van der Waals surface area contributed by atoms with Gasteiger partial charge in [0.1, 0.15) is 0 Å². The van der Waals surface area contributed by atoms with E-state index in [9.17, 15) is 4.79 Å². The van der Waals surface area contributed by atoms with Crippen LogP contribution in [0.5, 0.6) is 0 Å². The molecule has 0 unspecified atom stereocenters. The van der Waals surface area contributed by atoms with Crippen LogP contribution in [0, 0.1) is 19.3 Å². The molecule has 110 valence electrons. The van der Waals surface area contributed by atoms with Gasteiger partial charge in [-0.2, -0.15) is 5.10 Å². The van der Waals surface area contributed by atoms with E-state index in [4.69, 9.17) is 18.0 Å². The van der Waals surface area contributed by atoms with Gasteiger partial charge < -0.3 is 11.1 Å². The fourth-order valence-corrected chi connectivity index (χ4v) is 2.91. The number of hydrogen-bond acceptors (Lipinski definition) is 3. The standard InChI is InChI=1S/C14H22N4OS/c1-10-9-11(2)18(17-10)8-4-7-16-13(19)14(12(15)20)5-3-6-14/h9H,3-8H2,1-2H3,(H2,15,20)(H,16,19). The zero-order valence-electron chi connectivity index (χ0n) is 12.1. The van der Waals surface area contributed by atoms with Crippen LogP contribution < -0.4 is 11.1 Å². The molecule has 1 aromatic heterocycles. The van der Waals surface area contributed by atoms with Crippen LogP contribution in [0.2, 0.25) is 0 Å². The fraction of sp³-hybridized carbons (Fsp3) is 0.643. The number of nitrogens with one attached hydrogen (secondary N) is 1. The molecule has 1 fully saturated rings. The summed E-state index contributed by atoms with van der Waals surface area (Å²) in [5.74, 6) is -0.00961. The second-order valence-corrected chi connectivity index (χ2v) is 6.00. The normalized spacial score (nSPS) is 16.5. The minimum Gasteiger partial charge on any atom is -0.392 e. The minimum absolute atomic E-state index is 0.00961.